The smallest absolute Gasteiger partial charge is 0.272 e. The molecule has 0 saturated heterocycles. The van der Waals surface area contributed by atoms with Gasteiger partial charge in [-0.3, -0.25) is 9.89 Å². The molecule has 144 valence electrons. The summed E-state index contributed by atoms with van der Waals surface area (Å²) in [6.45, 7) is 0.795. The van der Waals surface area contributed by atoms with Gasteiger partial charge in [-0.25, -0.2) is 18.2 Å². The first-order chi connectivity index (χ1) is 13.4. The second-order valence-corrected chi connectivity index (χ2v) is 6.21. The molecule has 3 aromatic heterocycles. The fourth-order valence-electron chi connectivity index (χ4n) is 3.09. The number of ether oxygens (including phenoxy) is 1. The second kappa shape index (κ2) is 6.55. The van der Waals surface area contributed by atoms with Crippen LogP contribution in [0.5, 0.6) is 5.88 Å². The van der Waals surface area contributed by atoms with Gasteiger partial charge in [0.2, 0.25) is 5.88 Å². The summed E-state index contributed by atoms with van der Waals surface area (Å²) in [5.74, 6) is -0.528. The summed E-state index contributed by atoms with van der Waals surface area (Å²) in [4.78, 5) is 19.3. The van der Waals surface area contributed by atoms with E-state index >= 15 is 0 Å². The van der Waals surface area contributed by atoms with E-state index in [1.807, 2.05) is 0 Å². The number of nitrogen functional groups attached to an aromatic ring is 1. The lowest BCUT2D eigenvalue weighted by Gasteiger charge is -2.13. The molecule has 0 bridgehead atoms. The molecule has 0 aliphatic rings. The third-order valence-corrected chi connectivity index (χ3v) is 4.35. The number of benzene rings is 1. The largest absolute Gasteiger partial charge is 0.471 e. The maximum Gasteiger partial charge on any atom is 0.272 e. The molecular weight excluding hydrogens is 375 g/mol. The lowest BCUT2D eigenvalue weighted by molar-refractivity contribution is 0.0794. The van der Waals surface area contributed by atoms with Gasteiger partial charge in [0.25, 0.3) is 12.0 Å². The van der Waals surface area contributed by atoms with Crippen LogP contribution in [-0.4, -0.2) is 33.2 Å². The van der Waals surface area contributed by atoms with Gasteiger partial charge in [0.15, 0.2) is 6.61 Å². The number of halogens is 3. The van der Waals surface area contributed by atoms with Crippen molar-refractivity contribution in [3.05, 3.63) is 46.1 Å². The minimum atomic E-state index is -2.67. The maximum atomic E-state index is 14.0. The van der Waals surface area contributed by atoms with Crippen molar-refractivity contribution in [3.63, 3.8) is 0 Å². The molecule has 4 aromatic rings. The van der Waals surface area contributed by atoms with Crippen molar-refractivity contribution in [3.8, 4) is 17.0 Å². The number of aromatic amines is 2. The molecule has 7 nitrogen and oxygen atoms in total. The zero-order valence-electron chi connectivity index (χ0n) is 14.5. The Kier molecular flexibility index (Phi) is 4.17. The normalized spacial score (nSPS) is 11.6. The van der Waals surface area contributed by atoms with E-state index in [4.69, 9.17) is 10.5 Å². The first-order valence-electron chi connectivity index (χ1n) is 8.22. The maximum absolute atomic E-state index is 14.0. The third kappa shape index (κ3) is 2.82. The number of hydrogen-bond acceptors (Lipinski definition) is 5. The Hall–Kier alpha value is -3.56. The van der Waals surface area contributed by atoms with Crippen molar-refractivity contribution < 1.29 is 17.9 Å². The number of alkyl halides is 2. The molecule has 28 heavy (non-hydrogen) atoms. The summed E-state index contributed by atoms with van der Waals surface area (Å²) in [6.07, 6.45) is -1.26. The SMILES string of the molecule is Cc1cc2[nH]c(=O)c(N)c(-c3ccc(F)c4[nH]ncc34)c2nc1OCC(F)F. The average Bonchev–Trinajstić information content (AvgIpc) is 3.13. The topological polar surface area (TPSA) is 110 Å². The van der Waals surface area contributed by atoms with Gasteiger partial charge in [0, 0.05) is 16.5 Å². The number of anilines is 1. The number of hydrogen-bond donors (Lipinski definition) is 3. The van der Waals surface area contributed by atoms with Crippen LogP contribution >= 0.6 is 0 Å². The van der Waals surface area contributed by atoms with Crippen LogP contribution in [0.2, 0.25) is 0 Å². The molecule has 0 aliphatic carbocycles. The fraction of sp³-hybridized carbons (Fsp3) is 0.167. The second-order valence-electron chi connectivity index (χ2n) is 6.21. The Bertz CT molecular complexity index is 1270. The van der Waals surface area contributed by atoms with Crippen LogP contribution in [0.4, 0.5) is 18.9 Å². The van der Waals surface area contributed by atoms with Gasteiger partial charge in [0.05, 0.1) is 11.7 Å². The zero-order chi connectivity index (χ0) is 20.0. The van der Waals surface area contributed by atoms with Crippen LogP contribution < -0.4 is 16.0 Å². The molecule has 0 atom stereocenters. The van der Waals surface area contributed by atoms with Crippen molar-refractivity contribution in [1.82, 2.24) is 20.2 Å². The summed E-state index contributed by atoms with van der Waals surface area (Å²) in [7, 11) is 0. The Morgan fingerprint density at radius 1 is 1.32 bits per heavy atom. The molecule has 0 spiro atoms. The van der Waals surface area contributed by atoms with Crippen molar-refractivity contribution in [2.24, 2.45) is 0 Å². The molecule has 0 fully saturated rings. The zero-order valence-corrected chi connectivity index (χ0v) is 14.5. The molecule has 3 heterocycles. The van der Waals surface area contributed by atoms with Crippen LogP contribution in [0.15, 0.2) is 29.2 Å². The van der Waals surface area contributed by atoms with Gasteiger partial charge < -0.3 is 15.5 Å². The van der Waals surface area contributed by atoms with E-state index in [0.717, 1.165) is 0 Å². The first kappa shape index (κ1) is 17.8. The lowest BCUT2D eigenvalue weighted by atomic mass is 9.99. The number of aryl methyl sites for hydroxylation is 1. The third-order valence-electron chi connectivity index (χ3n) is 4.35. The lowest BCUT2D eigenvalue weighted by Crippen LogP contribution is -2.15. The van der Waals surface area contributed by atoms with E-state index < -0.39 is 24.4 Å². The Labute approximate surface area is 155 Å². The molecule has 4 rings (SSSR count). The van der Waals surface area contributed by atoms with Crippen LogP contribution in [0.25, 0.3) is 33.1 Å². The summed E-state index contributed by atoms with van der Waals surface area (Å²) in [6, 6.07) is 4.23. The predicted molar refractivity (Wildman–Crippen MR) is 98.1 cm³/mol. The van der Waals surface area contributed by atoms with E-state index in [1.54, 1.807) is 13.0 Å². The summed E-state index contributed by atoms with van der Waals surface area (Å²) >= 11 is 0. The number of pyridine rings is 2. The van der Waals surface area contributed by atoms with Crippen molar-refractivity contribution in [2.45, 2.75) is 13.3 Å². The standard InChI is InChI=1S/C18H14F3N5O2/c1-7-4-11-16(25-18(7)28-6-12(20)21)13(14(22)17(27)24-11)8-2-3-10(19)15-9(8)5-23-26-15/h2-5,12H,6,22H2,1H3,(H,23,26)(H,24,27). The van der Waals surface area contributed by atoms with Crippen LogP contribution in [0.3, 0.4) is 0 Å². The Balaban J connectivity index is 2.04. The van der Waals surface area contributed by atoms with Gasteiger partial charge in [-0.1, -0.05) is 6.07 Å². The van der Waals surface area contributed by atoms with Gasteiger partial charge in [0.1, 0.15) is 22.5 Å². The van der Waals surface area contributed by atoms with Gasteiger partial charge >= 0.3 is 0 Å². The number of nitrogens with zero attached hydrogens (tertiary/aromatic N) is 2. The molecule has 1 aromatic carbocycles. The number of H-pyrrole nitrogens is 2. The number of nitrogens with one attached hydrogen (secondary N) is 2. The van der Waals surface area contributed by atoms with Crippen LogP contribution in [-0.2, 0) is 0 Å². The van der Waals surface area contributed by atoms with Crippen LogP contribution in [0, 0.1) is 12.7 Å². The first-order valence-corrected chi connectivity index (χ1v) is 8.22. The quantitative estimate of drug-likeness (QED) is 0.497. The van der Waals surface area contributed by atoms with E-state index in [0.29, 0.717) is 22.0 Å². The highest BCUT2D eigenvalue weighted by atomic mass is 19.3. The van der Waals surface area contributed by atoms with Crippen molar-refractivity contribution in [1.29, 1.82) is 0 Å². The molecule has 0 saturated carbocycles. The molecule has 0 radical (unpaired) electrons. The molecule has 0 aliphatic heterocycles. The Morgan fingerprint density at radius 2 is 2.11 bits per heavy atom. The van der Waals surface area contributed by atoms with E-state index in [1.165, 1.54) is 18.3 Å². The predicted octanol–water partition coefficient (Wildman–Crippen LogP) is 3.14. The van der Waals surface area contributed by atoms with Gasteiger partial charge in [-0.2, -0.15) is 5.10 Å². The number of nitrogens with two attached hydrogens (primary N) is 1. The Morgan fingerprint density at radius 3 is 2.86 bits per heavy atom. The minimum absolute atomic E-state index is 0.00829. The molecule has 4 N–H and O–H groups in total. The average molecular weight is 389 g/mol. The highest BCUT2D eigenvalue weighted by Crippen LogP contribution is 2.36. The van der Waals surface area contributed by atoms with Gasteiger partial charge in [-0.15, -0.1) is 0 Å². The molecule has 0 amide bonds. The highest BCUT2D eigenvalue weighted by Gasteiger charge is 2.20. The van der Waals surface area contributed by atoms with E-state index in [2.05, 4.69) is 20.2 Å². The van der Waals surface area contributed by atoms with E-state index in [-0.39, 0.29) is 28.2 Å². The van der Waals surface area contributed by atoms with E-state index in [9.17, 15) is 18.0 Å². The minimum Gasteiger partial charge on any atom is -0.471 e. The van der Waals surface area contributed by atoms with Crippen LogP contribution in [0.1, 0.15) is 5.56 Å². The molecule has 0 unspecified atom stereocenters. The number of aromatic nitrogens is 4. The van der Waals surface area contributed by atoms with Gasteiger partial charge in [-0.05, 0) is 24.6 Å². The monoisotopic (exact) mass is 389 g/mol. The number of rotatable bonds is 4. The summed E-state index contributed by atoms with van der Waals surface area (Å²) in [5, 5.41) is 6.79. The molecule has 10 heteroatoms. The summed E-state index contributed by atoms with van der Waals surface area (Å²) in [5.41, 5.74) is 7.19. The fourth-order valence-corrected chi connectivity index (χ4v) is 3.09. The van der Waals surface area contributed by atoms with Crippen molar-refractivity contribution >= 4 is 27.6 Å². The number of fused-ring (bicyclic) bond motifs is 2. The van der Waals surface area contributed by atoms with Crippen molar-refractivity contribution in [2.75, 3.05) is 12.3 Å². The summed E-state index contributed by atoms with van der Waals surface area (Å²) < 4.78 is 44.2. The molecular formula is C18H14F3N5O2. The highest BCUT2D eigenvalue weighted by molar-refractivity contribution is 6.06.